The second-order valence-electron chi connectivity index (χ2n) is 6.28. The quantitative estimate of drug-likeness (QED) is 0.545. The molecule has 0 bridgehead atoms. The molecule has 0 spiro atoms. The van der Waals surface area contributed by atoms with Gasteiger partial charge in [0.15, 0.2) is 0 Å². The minimum Gasteiger partial charge on any atom is -0.478 e. The molecule has 28 heavy (non-hydrogen) atoms. The summed E-state index contributed by atoms with van der Waals surface area (Å²) in [6, 6.07) is 13.6. The van der Waals surface area contributed by atoms with Crippen LogP contribution in [0.4, 0.5) is 5.69 Å². The van der Waals surface area contributed by atoms with Crippen molar-refractivity contribution in [3.63, 3.8) is 0 Å². The fourth-order valence-corrected chi connectivity index (χ4v) is 3.39. The Labute approximate surface area is 169 Å². The predicted molar refractivity (Wildman–Crippen MR) is 111 cm³/mol. The molecule has 0 unspecified atom stereocenters. The summed E-state index contributed by atoms with van der Waals surface area (Å²) in [4.78, 5) is 27.3. The zero-order valence-corrected chi connectivity index (χ0v) is 16.8. The van der Waals surface area contributed by atoms with E-state index in [0.717, 1.165) is 33.2 Å². The van der Waals surface area contributed by atoms with Gasteiger partial charge in [0.1, 0.15) is 0 Å². The van der Waals surface area contributed by atoms with Gasteiger partial charge in [0, 0.05) is 33.3 Å². The van der Waals surface area contributed by atoms with Crippen LogP contribution >= 0.6 is 15.9 Å². The van der Waals surface area contributed by atoms with Gasteiger partial charge in [0.05, 0.1) is 16.8 Å². The van der Waals surface area contributed by atoms with E-state index in [2.05, 4.69) is 20.9 Å². The average molecular weight is 441 g/mol. The molecule has 0 saturated heterocycles. The molecule has 0 fully saturated rings. The third kappa shape index (κ3) is 4.04. The summed E-state index contributed by atoms with van der Waals surface area (Å²) in [5, 5.41) is 18.6. The standard InChI is InChI=1S/C21H17BrN2O4/c1-12-6-16(11-23-18-5-3-4-17(22)10-18)13(2)24(12)19-8-14(20(25)26)7-15(9-19)21(27)28/h3-11H,1-2H3,(H,25,26)(H,27,28). The molecule has 3 rings (SSSR count). The molecule has 6 nitrogen and oxygen atoms in total. The van der Waals surface area contributed by atoms with Gasteiger partial charge in [-0.05, 0) is 56.3 Å². The number of halogens is 1. The maximum atomic E-state index is 11.4. The lowest BCUT2D eigenvalue weighted by Crippen LogP contribution is -2.07. The van der Waals surface area contributed by atoms with Gasteiger partial charge in [-0.1, -0.05) is 22.0 Å². The van der Waals surface area contributed by atoms with Gasteiger partial charge < -0.3 is 14.8 Å². The third-order valence-corrected chi connectivity index (χ3v) is 4.79. The first-order valence-corrected chi connectivity index (χ1v) is 9.16. The summed E-state index contributed by atoms with van der Waals surface area (Å²) in [7, 11) is 0. The number of carboxylic acid groups (broad SMARTS) is 2. The molecule has 7 heteroatoms. The summed E-state index contributed by atoms with van der Waals surface area (Å²) >= 11 is 3.41. The molecule has 0 amide bonds. The van der Waals surface area contributed by atoms with Gasteiger partial charge in [0.2, 0.25) is 0 Å². The molecule has 0 saturated carbocycles. The van der Waals surface area contributed by atoms with E-state index in [-0.39, 0.29) is 11.1 Å². The van der Waals surface area contributed by atoms with Crippen molar-refractivity contribution >= 4 is 39.8 Å². The second kappa shape index (κ2) is 7.82. The number of aromatic carboxylic acids is 2. The maximum Gasteiger partial charge on any atom is 0.335 e. The molecule has 1 heterocycles. The van der Waals surface area contributed by atoms with Crippen LogP contribution in [0.3, 0.4) is 0 Å². The fourth-order valence-electron chi connectivity index (χ4n) is 3.00. The molecule has 2 N–H and O–H groups in total. The lowest BCUT2D eigenvalue weighted by Gasteiger charge is -2.12. The number of hydrogen-bond acceptors (Lipinski definition) is 3. The van der Waals surface area contributed by atoms with Crippen molar-refractivity contribution in [2.75, 3.05) is 0 Å². The number of hydrogen-bond donors (Lipinski definition) is 2. The minimum atomic E-state index is -1.18. The topological polar surface area (TPSA) is 91.9 Å². The van der Waals surface area contributed by atoms with Crippen molar-refractivity contribution in [3.8, 4) is 5.69 Å². The van der Waals surface area contributed by atoms with Crippen LogP contribution in [0.2, 0.25) is 0 Å². The summed E-state index contributed by atoms with van der Waals surface area (Å²) < 4.78 is 2.75. The Morgan fingerprint density at radius 2 is 1.64 bits per heavy atom. The molecular formula is C21H17BrN2O4. The second-order valence-corrected chi connectivity index (χ2v) is 7.19. The van der Waals surface area contributed by atoms with E-state index in [1.807, 2.05) is 48.7 Å². The van der Waals surface area contributed by atoms with Crippen molar-refractivity contribution in [1.29, 1.82) is 0 Å². The van der Waals surface area contributed by atoms with E-state index in [1.54, 1.807) is 6.21 Å². The van der Waals surface area contributed by atoms with E-state index in [9.17, 15) is 19.8 Å². The zero-order valence-electron chi connectivity index (χ0n) is 15.2. The van der Waals surface area contributed by atoms with Gasteiger partial charge in [-0.15, -0.1) is 0 Å². The molecular weight excluding hydrogens is 424 g/mol. The Hall–Kier alpha value is -3.19. The van der Waals surface area contributed by atoms with Crippen LogP contribution in [-0.2, 0) is 0 Å². The van der Waals surface area contributed by atoms with Gasteiger partial charge in [0.25, 0.3) is 0 Å². The number of aryl methyl sites for hydroxylation is 1. The summed E-state index contributed by atoms with van der Waals surface area (Å²) in [5.74, 6) is -2.36. The molecule has 3 aromatic rings. The van der Waals surface area contributed by atoms with Crippen LogP contribution in [0.5, 0.6) is 0 Å². The number of aromatic nitrogens is 1. The lowest BCUT2D eigenvalue weighted by molar-refractivity contribution is 0.0696. The van der Waals surface area contributed by atoms with Crippen molar-refractivity contribution in [3.05, 3.63) is 81.1 Å². The van der Waals surface area contributed by atoms with Crippen LogP contribution in [0.15, 0.2) is 58.0 Å². The van der Waals surface area contributed by atoms with Crippen LogP contribution < -0.4 is 0 Å². The highest BCUT2D eigenvalue weighted by Crippen LogP contribution is 2.24. The normalized spacial score (nSPS) is 11.1. The van der Waals surface area contributed by atoms with Gasteiger partial charge in [-0.2, -0.15) is 0 Å². The van der Waals surface area contributed by atoms with Crippen LogP contribution in [-0.4, -0.2) is 32.9 Å². The zero-order chi connectivity index (χ0) is 20.4. The van der Waals surface area contributed by atoms with Crippen molar-refractivity contribution in [2.45, 2.75) is 13.8 Å². The highest BCUT2D eigenvalue weighted by atomic mass is 79.9. The summed E-state index contributed by atoms with van der Waals surface area (Å²) in [5.41, 5.74) is 3.64. The first-order chi connectivity index (χ1) is 13.3. The lowest BCUT2D eigenvalue weighted by atomic mass is 10.1. The molecule has 0 radical (unpaired) electrons. The first-order valence-electron chi connectivity index (χ1n) is 8.37. The number of carbonyl (C=O) groups is 2. The van der Waals surface area contributed by atoms with Crippen molar-refractivity contribution in [2.24, 2.45) is 4.99 Å². The highest BCUT2D eigenvalue weighted by Gasteiger charge is 2.15. The molecule has 0 aliphatic carbocycles. The van der Waals surface area contributed by atoms with E-state index in [1.165, 1.54) is 12.1 Å². The average Bonchev–Trinajstić information content (AvgIpc) is 2.93. The van der Waals surface area contributed by atoms with Crippen LogP contribution in [0.1, 0.15) is 37.7 Å². The smallest absolute Gasteiger partial charge is 0.335 e. The van der Waals surface area contributed by atoms with Gasteiger partial charge in [-0.3, -0.25) is 4.99 Å². The molecule has 0 atom stereocenters. The van der Waals surface area contributed by atoms with E-state index in [0.29, 0.717) is 5.69 Å². The van der Waals surface area contributed by atoms with E-state index < -0.39 is 11.9 Å². The van der Waals surface area contributed by atoms with Gasteiger partial charge >= 0.3 is 11.9 Å². The van der Waals surface area contributed by atoms with Crippen molar-refractivity contribution < 1.29 is 19.8 Å². The highest BCUT2D eigenvalue weighted by molar-refractivity contribution is 9.10. The Morgan fingerprint density at radius 3 is 2.21 bits per heavy atom. The number of rotatable bonds is 5. The third-order valence-electron chi connectivity index (χ3n) is 4.30. The number of benzene rings is 2. The Morgan fingerprint density at radius 1 is 1.00 bits per heavy atom. The van der Waals surface area contributed by atoms with Crippen LogP contribution in [0, 0.1) is 13.8 Å². The van der Waals surface area contributed by atoms with E-state index >= 15 is 0 Å². The fraction of sp³-hybridized carbons (Fsp3) is 0.0952. The molecule has 1 aromatic heterocycles. The monoisotopic (exact) mass is 440 g/mol. The molecule has 0 aliphatic rings. The van der Waals surface area contributed by atoms with E-state index in [4.69, 9.17) is 0 Å². The largest absolute Gasteiger partial charge is 0.478 e. The number of nitrogens with zero attached hydrogens (tertiary/aromatic N) is 2. The van der Waals surface area contributed by atoms with Gasteiger partial charge in [-0.25, -0.2) is 9.59 Å². The summed E-state index contributed by atoms with van der Waals surface area (Å²) in [6.45, 7) is 3.75. The Kier molecular flexibility index (Phi) is 5.46. The Bertz CT molecular complexity index is 1080. The van der Waals surface area contributed by atoms with Crippen LogP contribution in [0.25, 0.3) is 5.69 Å². The number of carboxylic acids is 2. The molecule has 2 aromatic carbocycles. The van der Waals surface area contributed by atoms with Crippen molar-refractivity contribution in [1.82, 2.24) is 4.57 Å². The SMILES string of the molecule is Cc1cc(C=Nc2cccc(Br)c2)c(C)n1-c1cc(C(=O)O)cc(C(=O)O)c1. The Balaban J connectivity index is 2.07. The number of aliphatic imine (C=N–C) groups is 1. The predicted octanol–water partition coefficient (Wildman–Crippen LogP) is 5.00. The molecule has 0 aliphatic heterocycles. The molecule has 142 valence electrons. The maximum absolute atomic E-state index is 11.4. The summed E-state index contributed by atoms with van der Waals surface area (Å²) in [6.07, 6.45) is 1.74. The first kappa shape index (κ1) is 19.6. The minimum absolute atomic E-state index is 0.0771.